The lowest BCUT2D eigenvalue weighted by Crippen LogP contribution is -2.25. The van der Waals surface area contributed by atoms with E-state index in [1.54, 1.807) is 11.8 Å². The van der Waals surface area contributed by atoms with Crippen LogP contribution in [-0.4, -0.2) is 35.5 Å². The highest BCUT2D eigenvalue weighted by molar-refractivity contribution is 7.98. The summed E-state index contributed by atoms with van der Waals surface area (Å²) in [4.78, 5) is 8.46. The van der Waals surface area contributed by atoms with Crippen LogP contribution in [0, 0.1) is 0 Å². The minimum absolute atomic E-state index is 0.395. The molecule has 0 radical (unpaired) electrons. The van der Waals surface area contributed by atoms with E-state index in [1.165, 1.54) is 12.8 Å². The summed E-state index contributed by atoms with van der Waals surface area (Å²) >= 11 is 1.56. The Hall–Kier alpha value is -0.650. The zero-order chi connectivity index (χ0) is 11.2. The Kier molecular flexibility index (Phi) is 4.56. The summed E-state index contributed by atoms with van der Waals surface area (Å²) in [6.45, 7) is 2.65. The maximum absolute atomic E-state index is 5.53. The van der Waals surface area contributed by atoms with Crippen LogP contribution >= 0.6 is 11.8 Å². The Morgan fingerprint density at radius 1 is 1.50 bits per heavy atom. The van der Waals surface area contributed by atoms with Gasteiger partial charge in [0.1, 0.15) is 0 Å². The number of thioether (sulfide) groups is 1. The maximum atomic E-state index is 5.53. The van der Waals surface area contributed by atoms with Gasteiger partial charge in [-0.3, -0.25) is 0 Å². The maximum Gasteiger partial charge on any atom is 0.187 e. The van der Waals surface area contributed by atoms with Gasteiger partial charge in [-0.2, -0.15) is 0 Å². The lowest BCUT2D eigenvalue weighted by molar-refractivity contribution is 0.110. The predicted octanol–water partition coefficient (Wildman–Crippen LogP) is 1.47. The monoisotopic (exact) mass is 239 g/mol. The van der Waals surface area contributed by atoms with Gasteiger partial charge in [-0.05, 0) is 19.1 Å². The molecule has 16 heavy (non-hydrogen) atoms. The third kappa shape index (κ3) is 3.43. The minimum atomic E-state index is 0.395. The average molecular weight is 239 g/mol. The van der Waals surface area contributed by atoms with Crippen molar-refractivity contribution in [3.8, 4) is 0 Å². The number of hydrogen-bond donors (Lipinski definition) is 1. The van der Waals surface area contributed by atoms with Crippen LogP contribution in [0.1, 0.15) is 18.4 Å². The number of nitrogens with one attached hydrogen (secondary N) is 1. The molecule has 2 heterocycles. The van der Waals surface area contributed by atoms with Crippen molar-refractivity contribution in [1.82, 2.24) is 15.3 Å². The van der Waals surface area contributed by atoms with Crippen molar-refractivity contribution in [2.45, 2.75) is 30.6 Å². The van der Waals surface area contributed by atoms with Crippen LogP contribution in [-0.2, 0) is 11.3 Å². The molecule has 1 aromatic rings. The molecule has 0 saturated carbocycles. The zero-order valence-corrected chi connectivity index (χ0v) is 10.3. The van der Waals surface area contributed by atoms with E-state index in [0.29, 0.717) is 6.10 Å². The number of nitrogens with zero attached hydrogens (tertiary/aromatic N) is 2. The standard InChI is InChI=1S/C11H17N3OS/c1-16-11-13-6-9(7-14-11)5-12-8-10-3-2-4-15-10/h6-7,10,12H,2-5,8H2,1H3. The Morgan fingerprint density at radius 3 is 2.94 bits per heavy atom. The van der Waals surface area contributed by atoms with E-state index in [0.717, 1.165) is 30.4 Å². The zero-order valence-electron chi connectivity index (χ0n) is 9.48. The predicted molar refractivity (Wildman–Crippen MR) is 64.5 cm³/mol. The smallest absolute Gasteiger partial charge is 0.187 e. The lowest BCUT2D eigenvalue weighted by atomic mass is 10.2. The molecular weight excluding hydrogens is 222 g/mol. The first-order valence-corrected chi connectivity index (χ1v) is 6.78. The molecule has 1 atom stereocenters. The van der Waals surface area contributed by atoms with E-state index in [1.807, 2.05) is 18.6 Å². The van der Waals surface area contributed by atoms with Gasteiger partial charge in [0.15, 0.2) is 5.16 Å². The van der Waals surface area contributed by atoms with E-state index >= 15 is 0 Å². The van der Waals surface area contributed by atoms with Crippen LogP contribution in [0.4, 0.5) is 0 Å². The fraction of sp³-hybridized carbons (Fsp3) is 0.636. The Bertz CT molecular complexity index is 312. The average Bonchev–Trinajstić information content (AvgIpc) is 2.83. The highest BCUT2D eigenvalue weighted by Gasteiger charge is 2.14. The van der Waals surface area contributed by atoms with E-state index in [-0.39, 0.29) is 0 Å². The van der Waals surface area contributed by atoms with Crippen LogP contribution in [0.5, 0.6) is 0 Å². The highest BCUT2D eigenvalue weighted by atomic mass is 32.2. The molecule has 0 aliphatic carbocycles. The molecule has 1 aliphatic heterocycles. The van der Waals surface area contributed by atoms with Gasteiger partial charge in [0.05, 0.1) is 6.10 Å². The molecule has 1 N–H and O–H groups in total. The normalized spacial score (nSPS) is 20.2. The Labute approximate surface area is 100 Å². The van der Waals surface area contributed by atoms with E-state index in [4.69, 9.17) is 4.74 Å². The van der Waals surface area contributed by atoms with E-state index < -0.39 is 0 Å². The second-order valence-corrected chi connectivity index (χ2v) is 4.62. The first kappa shape index (κ1) is 11.8. The molecule has 1 unspecified atom stereocenters. The lowest BCUT2D eigenvalue weighted by Gasteiger charge is -2.10. The minimum Gasteiger partial charge on any atom is -0.377 e. The largest absolute Gasteiger partial charge is 0.377 e. The summed E-state index contributed by atoms with van der Waals surface area (Å²) in [7, 11) is 0. The van der Waals surface area contributed by atoms with Crippen molar-refractivity contribution in [1.29, 1.82) is 0 Å². The van der Waals surface area contributed by atoms with Gasteiger partial charge >= 0.3 is 0 Å². The number of aromatic nitrogens is 2. The highest BCUT2D eigenvalue weighted by Crippen LogP contribution is 2.11. The summed E-state index contributed by atoms with van der Waals surface area (Å²) in [5, 5.41) is 4.19. The van der Waals surface area contributed by atoms with Crippen molar-refractivity contribution < 1.29 is 4.74 Å². The van der Waals surface area contributed by atoms with Crippen molar-refractivity contribution in [2.24, 2.45) is 0 Å². The molecule has 88 valence electrons. The summed E-state index contributed by atoms with van der Waals surface area (Å²) in [6.07, 6.45) is 8.49. The van der Waals surface area contributed by atoms with Gasteiger partial charge in [0, 0.05) is 37.7 Å². The second kappa shape index (κ2) is 6.18. The summed E-state index contributed by atoms with van der Waals surface area (Å²) in [5.74, 6) is 0. The molecule has 5 heteroatoms. The van der Waals surface area contributed by atoms with Crippen LogP contribution in [0.3, 0.4) is 0 Å². The van der Waals surface area contributed by atoms with Crippen molar-refractivity contribution in [3.63, 3.8) is 0 Å². The Balaban J connectivity index is 1.71. The van der Waals surface area contributed by atoms with E-state index in [2.05, 4.69) is 15.3 Å². The summed E-state index contributed by atoms with van der Waals surface area (Å²) in [5.41, 5.74) is 1.12. The quantitative estimate of drug-likeness (QED) is 0.623. The Morgan fingerprint density at radius 2 is 2.31 bits per heavy atom. The van der Waals surface area contributed by atoms with Gasteiger partial charge < -0.3 is 10.1 Å². The van der Waals surface area contributed by atoms with E-state index in [9.17, 15) is 0 Å². The van der Waals surface area contributed by atoms with Gasteiger partial charge in [-0.1, -0.05) is 11.8 Å². The van der Waals surface area contributed by atoms with Crippen LogP contribution < -0.4 is 5.32 Å². The van der Waals surface area contributed by atoms with Crippen LogP contribution in [0.15, 0.2) is 17.6 Å². The topological polar surface area (TPSA) is 47.0 Å². The van der Waals surface area contributed by atoms with Crippen molar-refractivity contribution in [2.75, 3.05) is 19.4 Å². The fourth-order valence-corrected chi connectivity index (χ4v) is 2.04. The molecule has 0 bridgehead atoms. The first-order valence-electron chi connectivity index (χ1n) is 5.55. The molecule has 1 fully saturated rings. The molecule has 1 aromatic heterocycles. The molecule has 1 saturated heterocycles. The number of ether oxygens (including phenoxy) is 1. The first-order chi connectivity index (χ1) is 7.88. The van der Waals surface area contributed by atoms with Crippen LogP contribution in [0.25, 0.3) is 0 Å². The third-order valence-electron chi connectivity index (χ3n) is 2.59. The number of rotatable bonds is 5. The molecule has 0 aromatic carbocycles. The van der Waals surface area contributed by atoms with Crippen molar-refractivity contribution >= 4 is 11.8 Å². The third-order valence-corrected chi connectivity index (χ3v) is 3.17. The van der Waals surface area contributed by atoms with Crippen molar-refractivity contribution in [3.05, 3.63) is 18.0 Å². The molecule has 0 amide bonds. The molecule has 1 aliphatic rings. The van der Waals surface area contributed by atoms with Gasteiger partial charge in [-0.15, -0.1) is 0 Å². The summed E-state index contributed by atoms with van der Waals surface area (Å²) < 4.78 is 5.53. The molecular formula is C11H17N3OS. The van der Waals surface area contributed by atoms with Gasteiger partial charge in [-0.25, -0.2) is 9.97 Å². The second-order valence-electron chi connectivity index (χ2n) is 3.84. The SMILES string of the molecule is CSc1ncc(CNCC2CCCO2)cn1. The summed E-state index contributed by atoms with van der Waals surface area (Å²) in [6, 6.07) is 0. The molecule has 0 spiro atoms. The molecule has 2 rings (SSSR count). The van der Waals surface area contributed by atoms with Gasteiger partial charge in [0.2, 0.25) is 0 Å². The fourth-order valence-electron chi connectivity index (χ4n) is 1.72. The van der Waals surface area contributed by atoms with Gasteiger partial charge in [0.25, 0.3) is 0 Å². The van der Waals surface area contributed by atoms with Crippen LogP contribution in [0.2, 0.25) is 0 Å². The number of hydrogen-bond acceptors (Lipinski definition) is 5. The molecule has 4 nitrogen and oxygen atoms in total.